The summed E-state index contributed by atoms with van der Waals surface area (Å²) in [6.45, 7) is 3.90. The van der Waals surface area contributed by atoms with E-state index in [0.29, 0.717) is 23.5 Å². The van der Waals surface area contributed by atoms with Crippen LogP contribution in [-0.4, -0.2) is 23.0 Å². The van der Waals surface area contributed by atoms with Gasteiger partial charge in [0.05, 0.1) is 0 Å². The Kier molecular flexibility index (Phi) is 5.66. The third kappa shape index (κ3) is 5.04. The number of carbonyl (C=O) groups is 2. The topological polar surface area (TPSA) is 81.4 Å². The van der Waals surface area contributed by atoms with Crippen LogP contribution in [0.4, 0.5) is 0 Å². The first-order chi connectivity index (χ1) is 13.0. The molecular weight excluding hydrogens is 344 g/mol. The average Bonchev–Trinajstić information content (AvgIpc) is 3.08. The highest BCUT2D eigenvalue weighted by Gasteiger charge is 2.16. The molecule has 0 aliphatic carbocycles. The van der Waals surface area contributed by atoms with E-state index >= 15 is 0 Å². The molecule has 3 aromatic rings. The van der Waals surface area contributed by atoms with Crippen LogP contribution >= 0.6 is 0 Å². The molecule has 0 bridgehead atoms. The number of aryl methyl sites for hydroxylation is 1. The van der Waals surface area contributed by atoms with Crippen molar-refractivity contribution in [3.8, 4) is 0 Å². The Bertz CT molecular complexity index is 940. The summed E-state index contributed by atoms with van der Waals surface area (Å²) in [6.07, 6.45) is 1.70. The van der Waals surface area contributed by atoms with Crippen LogP contribution in [0.5, 0.6) is 0 Å². The van der Waals surface area contributed by atoms with Gasteiger partial charge in [-0.15, -0.1) is 0 Å². The van der Waals surface area contributed by atoms with Crippen molar-refractivity contribution >= 4 is 29.1 Å². The van der Waals surface area contributed by atoms with Crippen molar-refractivity contribution in [2.75, 3.05) is 0 Å². The molecule has 1 aromatic heterocycles. The monoisotopic (exact) mass is 364 g/mol. The molecule has 0 aliphatic rings. The second-order valence-electron chi connectivity index (χ2n) is 6.14. The number of ether oxygens (including phenoxy) is 1. The molecule has 1 amide bonds. The molecule has 6 nitrogen and oxygen atoms in total. The second kappa shape index (κ2) is 8.31. The molecule has 0 saturated carbocycles. The smallest absolute Gasteiger partial charge is 0.331 e. The number of amides is 1. The lowest BCUT2D eigenvalue weighted by Crippen LogP contribution is -2.35. The van der Waals surface area contributed by atoms with Crippen molar-refractivity contribution in [3.63, 3.8) is 0 Å². The zero-order valence-electron chi connectivity index (χ0n) is 15.1. The van der Waals surface area contributed by atoms with Crippen LogP contribution in [0.2, 0.25) is 0 Å². The first kappa shape index (κ1) is 18.4. The van der Waals surface area contributed by atoms with Crippen LogP contribution in [0.1, 0.15) is 23.9 Å². The molecule has 6 heteroatoms. The number of para-hydroxylation sites is 2. The molecule has 138 valence electrons. The number of carbonyl (C=O) groups excluding carboxylic acids is 2. The number of rotatable bonds is 6. The quantitative estimate of drug-likeness (QED) is 0.535. The molecule has 3 rings (SSSR count). The van der Waals surface area contributed by atoms with Gasteiger partial charge >= 0.3 is 5.97 Å². The fourth-order valence-corrected chi connectivity index (χ4v) is 2.41. The van der Waals surface area contributed by atoms with Gasteiger partial charge in [0.1, 0.15) is 5.52 Å². The molecule has 27 heavy (non-hydrogen) atoms. The highest BCUT2D eigenvalue weighted by atomic mass is 16.5. The molecule has 1 atom stereocenters. The van der Waals surface area contributed by atoms with Crippen LogP contribution < -0.4 is 5.32 Å². The van der Waals surface area contributed by atoms with E-state index < -0.39 is 12.1 Å². The minimum Gasteiger partial charge on any atom is -0.449 e. The third-order valence-corrected chi connectivity index (χ3v) is 3.92. The van der Waals surface area contributed by atoms with Crippen molar-refractivity contribution in [2.24, 2.45) is 0 Å². The minimum atomic E-state index is -0.906. The van der Waals surface area contributed by atoms with Gasteiger partial charge in [0.2, 0.25) is 5.89 Å². The van der Waals surface area contributed by atoms with E-state index in [1.54, 1.807) is 6.07 Å². The number of hydrogen-bond acceptors (Lipinski definition) is 5. The van der Waals surface area contributed by atoms with Gasteiger partial charge in [-0.25, -0.2) is 9.78 Å². The molecule has 1 N–H and O–H groups in total. The van der Waals surface area contributed by atoms with Gasteiger partial charge in [-0.05, 0) is 31.5 Å². The fourth-order valence-electron chi connectivity index (χ4n) is 2.41. The van der Waals surface area contributed by atoms with Gasteiger partial charge in [0, 0.05) is 18.7 Å². The number of hydrogen-bond donors (Lipinski definition) is 1. The summed E-state index contributed by atoms with van der Waals surface area (Å²) >= 11 is 0. The lowest BCUT2D eigenvalue weighted by Gasteiger charge is -2.12. The molecule has 0 fully saturated rings. The Balaban J connectivity index is 1.50. The first-order valence-corrected chi connectivity index (χ1v) is 8.59. The van der Waals surface area contributed by atoms with Gasteiger partial charge in [-0.1, -0.05) is 42.0 Å². The summed E-state index contributed by atoms with van der Waals surface area (Å²) in [5.74, 6) is -0.709. The normalized spacial score (nSPS) is 12.2. The molecule has 1 heterocycles. The lowest BCUT2D eigenvalue weighted by molar-refractivity contribution is -0.150. The van der Waals surface area contributed by atoms with Crippen molar-refractivity contribution in [3.05, 3.63) is 71.6 Å². The van der Waals surface area contributed by atoms with E-state index in [2.05, 4.69) is 10.3 Å². The van der Waals surface area contributed by atoms with E-state index in [1.807, 2.05) is 49.4 Å². The van der Waals surface area contributed by atoms with Crippen molar-refractivity contribution in [1.29, 1.82) is 0 Å². The molecule has 2 aromatic carbocycles. The minimum absolute atomic E-state index is 0.296. The standard InChI is InChI=1S/C21H20N2O4/c1-14-7-9-16(10-8-14)13-22-21(25)15(2)26-20(24)12-11-19-23-17-5-3-4-6-18(17)27-19/h3-12,15H,13H2,1-2H3,(H,22,25)/b12-11+/t15-/m0/s1. The van der Waals surface area contributed by atoms with Gasteiger partial charge < -0.3 is 14.5 Å². The van der Waals surface area contributed by atoms with E-state index in [9.17, 15) is 9.59 Å². The van der Waals surface area contributed by atoms with Crippen LogP contribution in [-0.2, 0) is 20.9 Å². The lowest BCUT2D eigenvalue weighted by atomic mass is 10.1. The number of esters is 1. The van der Waals surface area contributed by atoms with E-state index in [0.717, 1.165) is 11.1 Å². The van der Waals surface area contributed by atoms with E-state index in [4.69, 9.17) is 9.15 Å². The molecule has 0 saturated heterocycles. The molecule has 0 aliphatic heterocycles. The van der Waals surface area contributed by atoms with Crippen molar-refractivity contribution in [2.45, 2.75) is 26.5 Å². The van der Waals surface area contributed by atoms with Gasteiger partial charge in [0.15, 0.2) is 11.7 Å². The van der Waals surface area contributed by atoms with Gasteiger partial charge in [0.25, 0.3) is 5.91 Å². The fraction of sp³-hybridized carbons (Fsp3) is 0.190. The molecule has 0 unspecified atom stereocenters. The number of oxazole rings is 1. The third-order valence-electron chi connectivity index (χ3n) is 3.92. The Morgan fingerprint density at radius 3 is 2.67 bits per heavy atom. The van der Waals surface area contributed by atoms with Crippen molar-refractivity contribution < 1.29 is 18.7 Å². The van der Waals surface area contributed by atoms with Crippen LogP contribution in [0.15, 0.2) is 59.0 Å². The highest BCUT2D eigenvalue weighted by Crippen LogP contribution is 2.15. The summed E-state index contributed by atoms with van der Waals surface area (Å²) in [7, 11) is 0. The predicted octanol–water partition coefficient (Wildman–Crippen LogP) is 3.40. The maximum Gasteiger partial charge on any atom is 0.331 e. The Labute approximate surface area is 156 Å². The number of benzene rings is 2. The molecule has 0 radical (unpaired) electrons. The summed E-state index contributed by atoms with van der Waals surface area (Å²) in [5.41, 5.74) is 3.46. The van der Waals surface area contributed by atoms with Gasteiger partial charge in [-0.2, -0.15) is 0 Å². The summed E-state index contributed by atoms with van der Waals surface area (Å²) in [5, 5.41) is 2.74. The second-order valence-corrected chi connectivity index (χ2v) is 6.14. The largest absolute Gasteiger partial charge is 0.449 e. The number of aromatic nitrogens is 1. The van der Waals surface area contributed by atoms with Gasteiger partial charge in [-0.3, -0.25) is 4.79 Å². The SMILES string of the molecule is Cc1ccc(CNC(=O)[C@H](C)OC(=O)/C=C/c2nc3ccccc3o2)cc1. The van der Waals surface area contributed by atoms with Crippen LogP contribution in [0, 0.1) is 6.92 Å². The summed E-state index contributed by atoms with van der Waals surface area (Å²) in [4.78, 5) is 28.2. The van der Waals surface area contributed by atoms with Crippen LogP contribution in [0.25, 0.3) is 17.2 Å². The van der Waals surface area contributed by atoms with Crippen LogP contribution in [0.3, 0.4) is 0 Å². The summed E-state index contributed by atoms with van der Waals surface area (Å²) < 4.78 is 10.6. The first-order valence-electron chi connectivity index (χ1n) is 8.59. The predicted molar refractivity (Wildman–Crippen MR) is 102 cm³/mol. The maximum atomic E-state index is 12.1. The van der Waals surface area contributed by atoms with E-state index in [-0.39, 0.29) is 5.91 Å². The molecular formula is C21H20N2O4. The highest BCUT2D eigenvalue weighted by molar-refractivity contribution is 5.90. The Hall–Kier alpha value is -3.41. The maximum absolute atomic E-state index is 12.1. The number of nitrogens with zero attached hydrogens (tertiary/aromatic N) is 1. The number of nitrogens with one attached hydrogen (secondary N) is 1. The van der Waals surface area contributed by atoms with E-state index in [1.165, 1.54) is 19.1 Å². The molecule has 0 spiro atoms. The Morgan fingerprint density at radius 2 is 1.93 bits per heavy atom. The average molecular weight is 364 g/mol. The zero-order valence-corrected chi connectivity index (χ0v) is 15.1. The summed E-state index contributed by atoms with van der Waals surface area (Å²) in [6, 6.07) is 15.1. The zero-order chi connectivity index (χ0) is 19.2. The Morgan fingerprint density at radius 1 is 1.19 bits per heavy atom. The number of fused-ring (bicyclic) bond motifs is 1. The van der Waals surface area contributed by atoms with Crippen molar-refractivity contribution in [1.82, 2.24) is 10.3 Å².